The highest BCUT2D eigenvalue weighted by Crippen LogP contribution is 2.48. The van der Waals surface area contributed by atoms with Gasteiger partial charge in [0.15, 0.2) is 5.43 Å². The molecule has 182 valence electrons. The average molecular weight is 496 g/mol. The van der Waals surface area contributed by atoms with Gasteiger partial charge in [0.1, 0.15) is 11.3 Å². The Morgan fingerprint density at radius 3 is 2.69 bits per heavy atom. The topological polar surface area (TPSA) is 120 Å². The number of carboxylic acids is 1. The summed E-state index contributed by atoms with van der Waals surface area (Å²) < 4.78 is 34.3. The molecule has 1 aromatic carbocycles. The van der Waals surface area contributed by atoms with Gasteiger partial charge >= 0.3 is 5.97 Å². The molecular formula is C25H25N3O6S. The number of rotatable bonds is 5. The summed E-state index contributed by atoms with van der Waals surface area (Å²) in [4.78, 5) is 24.3. The minimum Gasteiger partial charge on any atom is -0.492 e. The maximum Gasteiger partial charge on any atom is 0.341 e. The number of nitrogens with zero attached hydrogens (tertiary/aromatic N) is 3. The molecule has 1 atom stereocenters. The van der Waals surface area contributed by atoms with Crippen LogP contribution in [-0.2, 0) is 22.9 Å². The van der Waals surface area contributed by atoms with Crippen molar-refractivity contribution in [3.8, 4) is 28.1 Å². The smallest absolute Gasteiger partial charge is 0.341 e. The summed E-state index contributed by atoms with van der Waals surface area (Å²) in [6, 6.07) is 3.40. The third kappa shape index (κ3) is 3.34. The molecule has 1 N–H and O–H groups in total. The Morgan fingerprint density at radius 2 is 2.00 bits per heavy atom. The number of hydrogen-bond acceptors (Lipinski definition) is 6. The fourth-order valence-corrected chi connectivity index (χ4v) is 6.78. The summed E-state index contributed by atoms with van der Waals surface area (Å²) in [5.74, 6) is -0.387. The molecular weight excluding hydrogens is 470 g/mol. The first-order valence-electron chi connectivity index (χ1n) is 11.8. The molecule has 3 aliphatic rings. The number of aromatic carboxylic acids is 1. The highest BCUT2D eigenvalue weighted by atomic mass is 32.2. The van der Waals surface area contributed by atoms with Gasteiger partial charge in [-0.15, -0.1) is 0 Å². The maximum absolute atomic E-state index is 12.7. The molecule has 0 saturated heterocycles. The molecule has 0 amide bonds. The molecule has 2 aliphatic heterocycles. The molecule has 1 fully saturated rings. The van der Waals surface area contributed by atoms with Gasteiger partial charge in [0.2, 0.25) is 0 Å². The number of hydrogen-bond donors (Lipinski definition) is 1. The van der Waals surface area contributed by atoms with Crippen LogP contribution in [0.25, 0.3) is 22.4 Å². The predicted molar refractivity (Wildman–Crippen MR) is 128 cm³/mol. The van der Waals surface area contributed by atoms with Gasteiger partial charge < -0.3 is 14.4 Å². The molecule has 3 aromatic rings. The molecule has 4 heterocycles. The average Bonchev–Trinajstić information content (AvgIpc) is 3.36. The van der Waals surface area contributed by atoms with Crippen LogP contribution in [0.5, 0.6) is 5.75 Å². The van der Waals surface area contributed by atoms with Gasteiger partial charge in [-0.2, -0.15) is 9.19 Å². The number of pyridine rings is 1. The molecule has 0 spiro atoms. The Balaban J connectivity index is 1.55. The summed E-state index contributed by atoms with van der Waals surface area (Å²) in [5.41, 5.74) is 4.27. The fraction of sp³-hybridized carbons (Fsp3) is 0.400. The second kappa shape index (κ2) is 7.55. The highest BCUT2D eigenvalue weighted by Gasteiger charge is 2.38. The third-order valence-electron chi connectivity index (χ3n) is 7.26. The van der Waals surface area contributed by atoms with E-state index >= 15 is 0 Å². The molecule has 0 bridgehead atoms. The van der Waals surface area contributed by atoms with Gasteiger partial charge in [0.25, 0.3) is 10.0 Å². The van der Waals surface area contributed by atoms with Gasteiger partial charge in [-0.25, -0.2) is 13.2 Å². The first kappa shape index (κ1) is 22.1. The molecule has 2 aromatic heterocycles. The summed E-state index contributed by atoms with van der Waals surface area (Å²) >= 11 is 0. The summed E-state index contributed by atoms with van der Waals surface area (Å²) in [6.45, 7) is 4.61. The van der Waals surface area contributed by atoms with Crippen LogP contribution >= 0.6 is 0 Å². The maximum atomic E-state index is 12.7. The lowest BCUT2D eigenvalue weighted by Gasteiger charge is -2.34. The zero-order chi connectivity index (χ0) is 24.6. The number of carbonyl (C=O) groups is 1. The monoisotopic (exact) mass is 495 g/mol. The lowest BCUT2D eigenvalue weighted by Crippen LogP contribution is -2.28. The lowest BCUT2D eigenvalue weighted by atomic mass is 9.82. The second-order valence-electron chi connectivity index (χ2n) is 9.87. The molecule has 1 saturated carbocycles. The normalized spacial score (nSPS) is 18.7. The van der Waals surface area contributed by atoms with Crippen molar-refractivity contribution in [3.63, 3.8) is 0 Å². The molecule has 6 rings (SSSR count). The second-order valence-corrected chi connectivity index (χ2v) is 11.9. The lowest BCUT2D eigenvalue weighted by molar-refractivity contribution is 0.0694. The van der Waals surface area contributed by atoms with E-state index in [1.54, 1.807) is 12.4 Å². The van der Waals surface area contributed by atoms with Crippen molar-refractivity contribution in [1.29, 1.82) is 0 Å². The van der Waals surface area contributed by atoms with Crippen molar-refractivity contribution in [3.05, 3.63) is 57.6 Å². The van der Waals surface area contributed by atoms with Gasteiger partial charge in [0, 0.05) is 47.0 Å². The van der Waals surface area contributed by atoms with Crippen molar-refractivity contribution >= 4 is 16.0 Å². The van der Waals surface area contributed by atoms with E-state index in [9.17, 15) is 23.1 Å². The Hall–Kier alpha value is -3.40. The highest BCUT2D eigenvalue weighted by molar-refractivity contribution is 7.90. The van der Waals surface area contributed by atoms with Crippen molar-refractivity contribution in [2.24, 2.45) is 5.92 Å². The van der Waals surface area contributed by atoms with E-state index in [0.717, 1.165) is 26.3 Å². The van der Waals surface area contributed by atoms with E-state index in [-0.39, 0.29) is 22.8 Å². The van der Waals surface area contributed by atoms with Crippen LogP contribution in [0.3, 0.4) is 0 Å². The van der Waals surface area contributed by atoms with Crippen molar-refractivity contribution < 1.29 is 23.1 Å². The predicted octanol–water partition coefficient (Wildman–Crippen LogP) is 3.11. The Labute approximate surface area is 202 Å². The zero-order valence-corrected chi connectivity index (χ0v) is 20.2. The molecule has 0 radical (unpaired) electrons. The molecule has 10 heteroatoms. The van der Waals surface area contributed by atoms with Crippen LogP contribution < -0.4 is 10.2 Å². The largest absolute Gasteiger partial charge is 0.492 e. The van der Waals surface area contributed by atoms with Crippen LogP contribution in [0.1, 0.15) is 54.2 Å². The number of fused-ring (bicyclic) bond motifs is 5. The van der Waals surface area contributed by atoms with Gasteiger partial charge in [-0.1, -0.05) is 13.8 Å². The number of benzene rings is 1. The van der Waals surface area contributed by atoms with Gasteiger partial charge in [-0.05, 0) is 36.8 Å². The van der Waals surface area contributed by atoms with Crippen LogP contribution in [-0.4, -0.2) is 45.1 Å². The van der Waals surface area contributed by atoms with Crippen LogP contribution in [0.2, 0.25) is 0 Å². The Kier molecular flexibility index (Phi) is 4.76. The Morgan fingerprint density at radius 1 is 1.23 bits per heavy atom. The number of ether oxygens (including phenoxy) is 1. The molecule has 35 heavy (non-hydrogen) atoms. The van der Waals surface area contributed by atoms with Gasteiger partial charge in [0.05, 0.1) is 29.9 Å². The van der Waals surface area contributed by atoms with Crippen LogP contribution in [0.15, 0.2) is 35.5 Å². The SMILES string of the molecule is CC(C)C1Cc2cc(-c3cnn(S(=O)(=O)C4CC4)c3)c3c(c2-c2cc(=O)c(C(=O)O)cn21)CCO3. The molecule has 1 aliphatic carbocycles. The summed E-state index contributed by atoms with van der Waals surface area (Å²) in [5, 5.41) is 13.3. The van der Waals surface area contributed by atoms with Gasteiger partial charge in [-0.3, -0.25) is 4.79 Å². The van der Waals surface area contributed by atoms with Crippen molar-refractivity contribution in [2.75, 3.05) is 6.61 Å². The number of aromatic nitrogens is 3. The zero-order valence-electron chi connectivity index (χ0n) is 19.4. The van der Waals surface area contributed by atoms with E-state index in [1.165, 1.54) is 12.3 Å². The summed E-state index contributed by atoms with van der Waals surface area (Å²) in [7, 11) is -3.48. The van der Waals surface area contributed by atoms with Crippen LogP contribution in [0.4, 0.5) is 0 Å². The van der Waals surface area contributed by atoms with E-state index in [2.05, 4.69) is 18.9 Å². The third-order valence-corrected chi connectivity index (χ3v) is 9.29. The van der Waals surface area contributed by atoms with E-state index < -0.39 is 21.4 Å². The van der Waals surface area contributed by atoms with Crippen molar-refractivity contribution in [1.82, 2.24) is 13.8 Å². The minimum atomic E-state index is -3.48. The molecule has 1 unspecified atom stereocenters. The van der Waals surface area contributed by atoms with E-state index in [1.807, 2.05) is 10.6 Å². The van der Waals surface area contributed by atoms with Crippen molar-refractivity contribution in [2.45, 2.75) is 50.8 Å². The standard InChI is InChI=1S/C25H25N3O6S/c1-13(2)20-8-14-7-18(15-10-26-28(11-15)35(32,33)16-3-4-16)24-17(5-6-34-24)23(14)21-9-22(29)19(25(30)31)12-27(20)21/h7,9-13,16,20H,3-6,8H2,1-2H3,(H,30,31). The van der Waals surface area contributed by atoms with E-state index in [4.69, 9.17) is 4.74 Å². The molecule has 9 nitrogen and oxygen atoms in total. The quantitative estimate of drug-likeness (QED) is 0.577. The number of carboxylic acid groups (broad SMARTS) is 1. The summed E-state index contributed by atoms with van der Waals surface area (Å²) in [6.07, 6.45) is 7.19. The first-order chi connectivity index (χ1) is 16.7. The van der Waals surface area contributed by atoms with Crippen LogP contribution in [0, 0.1) is 5.92 Å². The Bertz CT molecular complexity index is 1560. The first-order valence-corrected chi connectivity index (χ1v) is 13.3. The fourth-order valence-electron chi connectivity index (χ4n) is 5.30. The van der Waals surface area contributed by atoms with E-state index in [0.29, 0.717) is 49.3 Å². The minimum absolute atomic E-state index is 0.0395.